The molecule has 0 spiro atoms. The summed E-state index contributed by atoms with van der Waals surface area (Å²) in [5.74, 6) is -162. The molecule has 0 aromatic carbocycles. The van der Waals surface area contributed by atoms with Crippen LogP contribution in [0, 0.1) is 0 Å². The van der Waals surface area contributed by atoms with E-state index >= 15 is 0 Å². The fourth-order valence-electron chi connectivity index (χ4n) is 5.20. The van der Waals surface area contributed by atoms with Crippen LogP contribution in [-0.2, 0) is 9.47 Å². The van der Waals surface area contributed by atoms with Crippen LogP contribution in [-0.4, -0.2) is 156 Å². The van der Waals surface area contributed by atoms with Gasteiger partial charge in [-0.3, -0.25) is 9.97 Å². The van der Waals surface area contributed by atoms with E-state index in [0.29, 0.717) is 36.7 Å². The maximum Gasteiger partial charge on any atom is 0.460 e. The summed E-state index contributed by atoms with van der Waals surface area (Å²) in [7, 11) is 0. The Morgan fingerprint density at radius 1 is 0.256 bits per heavy atom. The van der Waals surface area contributed by atoms with Gasteiger partial charge in [-0.25, -0.2) is 0 Å². The molecule has 2 aromatic rings. The minimum Gasteiger partial charge on any atom is -0.467 e. The molecular formula is C34H14F42N2O4. The van der Waals surface area contributed by atoms with Crippen LogP contribution in [0.5, 0.6) is 11.5 Å². The lowest BCUT2D eigenvalue weighted by Gasteiger charge is -2.44. The number of nitrogens with zero attached hydrogens (tertiary/aromatic N) is 2. The standard InChI is InChI=1S/C34H14F42N2O4/c35-15(36,17(39,40)19(43,44)21(47,48)23(51,52)25(55,56)27(59,60)29(63,64)31(67,68)33(71,72)73)7-79-9-81-11-1-3-77-13(5-11)14-6-12(2-4-78-14)82-10-80-8-16(37,38)18(41,42)20(45,46)22(49,50)24(53,54)26(57,58)28(61,62)30(65,66)32(69,70)34(74,75)76/h1-6H,7-10H2. The van der Waals surface area contributed by atoms with E-state index in [1.54, 1.807) is 0 Å². The van der Waals surface area contributed by atoms with Crippen molar-refractivity contribution in [2.24, 2.45) is 0 Å². The molecule has 0 aliphatic rings. The monoisotopic (exact) mass is 1310 g/mol. The van der Waals surface area contributed by atoms with Crippen molar-refractivity contribution in [1.29, 1.82) is 0 Å². The van der Waals surface area contributed by atoms with Crippen molar-refractivity contribution in [2.75, 3.05) is 26.8 Å². The van der Waals surface area contributed by atoms with Crippen LogP contribution in [0.15, 0.2) is 36.7 Å². The summed E-state index contributed by atoms with van der Waals surface area (Å²) in [5, 5.41) is 0. The normalized spacial score (nSPS) is 16.0. The molecule has 0 radical (unpaired) electrons. The predicted octanol–water partition coefficient (Wildman–Crippen LogP) is 15.4. The zero-order valence-electron chi connectivity index (χ0n) is 36.7. The third-order valence-electron chi connectivity index (χ3n) is 10.1. The van der Waals surface area contributed by atoms with Gasteiger partial charge in [0, 0.05) is 24.5 Å². The Hall–Kier alpha value is -5.12. The van der Waals surface area contributed by atoms with Gasteiger partial charge in [0.1, 0.15) is 24.7 Å². The lowest BCUT2D eigenvalue weighted by atomic mass is 9.86. The molecule has 6 nitrogen and oxygen atoms in total. The molecule has 0 saturated carbocycles. The molecule has 0 aliphatic carbocycles. The molecule has 0 amide bonds. The molecule has 478 valence electrons. The molecule has 48 heteroatoms. The molecule has 0 unspecified atom stereocenters. The number of ether oxygens (including phenoxy) is 4. The maximum atomic E-state index is 14.2. The van der Waals surface area contributed by atoms with Crippen LogP contribution in [0.3, 0.4) is 0 Å². The van der Waals surface area contributed by atoms with E-state index in [1.165, 1.54) is 0 Å². The first-order chi connectivity index (χ1) is 35.6. The van der Waals surface area contributed by atoms with Crippen LogP contribution in [0.4, 0.5) is 184 Å². The van der Waals surface area contributed by atoms with Crippen LogP contribution in [0.25, 0.3) is 11.4 Å². The Morgan fingerprint density at radius 2 is 0.439 bits per heavy atom. The second kappa shape index (κ2) is 20.8. The van der Waals surface area contributed by atoms with Gasteiger partial charge < -0.3 is 18.9 Å². The number of pyridine rings is 2. The lowest BCUT2D eigenvalue weighted by Crippen LogP contribution is -2.77. The van der Waals surface area contributed by atoms with Crippen molar-refractivity contribution in [3.8, 4) is 22.9 Å². The molecule has 0 bridgehead atoms. The van der Waals surface area contributed by atoms with Gasteiger partial charge in [-0.15, -0.1) is 0 Å². The highest BCUT2D eigenvalue weighted by atomic mass is 19.5. The minimum absolute atomic E-state index is 0.419. The van der Waals surface area contributed by atoms with Crippen molar-refractivity contribution < 1.29 is 203 Å². The molecule has 2 rings (SSSR count). The molecule has 0 aliphatic heterocycles. The third kappa shape index (κ3) is 10.5. The Morgan fingerprint density at radius 3 is 0.634 bits per heavy atom. The smallest absolute Gasteiger partial charge is 0.460 e. The SMILES string of the molecule is FC(F)(F)C(F)(F)C(F)(F)C(F)(F)C(F)(F)C(F)(F)C(F)(F)C(F)(F)C(F)(F)C(F)(F)COCOc1ccnc(-c2cc(OCOCC(F)(F)C(F)(F)C(F)(F)C(F)(F)C(F)(F)C(F)(F)C(F)(F)C(F)(F)C(F)(F)C(F)(F)F)ccn2)c1. The Bertz CT molecular complexity index is 2360. The first-order valence-electron chi connectivity index (χ1n) is 18.9. The Balaban J connectivity index is 2.27. The summed E-state index contributed by atoms with van der Waals surface area (Å²) >= 11 is 0. The van der Waals surface area contributed by atoms with Gasteiger partial charge in [-0.2, -0.15) is 184 Å². The van der Waals surface area contributed by atoms with Gasteiger partial charge in [0.05, 0.1) is 11.4 Å². The number of hydrogen-bond acceptors (Lipinski definition) is 6. The second-order valence-electron chi connectivity index (χ2n) is 15.6. The largest absolute Gasteiger partial charge is 0.467 e. The van der Waals surface area contributed by atoms with E-state index in [4.69, 9.17) is 0 Å². The number of alkyl halides is 42. The van der Waals surface area contributed by atoms with E-state index in [9.17, 15) is 184 Å². The van der Waals surface area contributed by atoms with Crippen molar-refractivity contribution in [3.63, 3.8) is 0 Å². The lowest BCUT2D eigenvalue weighted by molar-refractivity contribution is -0.474. The molecule has 2 aromatic heterocycles. The molecule has 2 heterocycles. The summed E-state index contributed by atoms with van der Waals surface area (Å²) in [4.78, 5) is 6.92. The highest BCUT2D eigenvalue weighted by Gasteiger charge is 3.00. The fourth-order valence-corrected chi connectivity index (χ4v) is 5.20. The van der Waals surface area contributed by atoms with Gasteiger partial charge in [0.25, 0.3) is 0 Å². The molecular weight excluding hydrogens is 1300 g/mol. The summed E-state index contributed by atoms with van der Waals surface area (Å²) in [5.41, 5.74) is -1.50. The number of aromatic nitrogens is 2. The van der Waals surface area contributed by atoms with Crippen LogP contribution in [0.2, 0.25) is 0 Å². The van der Waals surface area contributed by atoms with E-state index in [-0.39, 0.29) is 0 Å². The topological polar surface area (TPSA) is 62.7 Å². The maximum absolute atomic E-state index is 14.2. The summed E-state index contributed by atoms with van der Waals surface area (Å²) in [6.45, 7) is -11.4. The predicted molar refractivity (Wildman–Crippen MR) is 172 cm³/mol. The molecule has 0 fully saturated rings. The Kier molecular flexibility index (Phi) is 18.5. The van der Waals surface area contributed by atoms with E-state index < -0.39 is 169 Å². The number of halogens is 42. The zero-order valence-corrected chi connectivity index (χ0v) is 36.7. The quantitative estimate of drug-likeness (QED) is 0.0505. The third-order valence-corrected chi connectivity index (χ3v) is 10.1. The van der Waals surface area contributed by atoms with Crippen molar-refractivity contribution in [2.45, 2.75) is 119 Å². The fraction of sp³-hybridized carbons (Fsp3) is 0.706. The zero-order chi connectivity index (χ0) is 65.6. The second-order valence-corrected chi connectivity index (χ2v) is 15.6. The molecule has 0 N–H and O–H groups in total. The number of rotatable bonds is 27. The van der Waals surface area contributed by atoms with Crippen molar-refractivity contribution >= 4 is 0 Å². The average molecular weight is 1310 g/mol. The first kappa shape index (κ1) is 73.0. The van der Waals surface area contributed by atoms with Gasteiger partial charge >= 0.3 is 119 Å². The van der Waals surface area contributed by atoms with Crippen molar-refractivity contribution in [3.05, 3.63) is 36.7 Å². The molecule has 0 saturated heterocycles. The van der Waals surface area contributed by atoms with Crippen LogP contribution < -0.4 is 9.47 Å². The van der Waals surface area contributed by atoms with Gasteiger partial charge in [0.15, 0.2) is 13.6 Å². The highest BCUT2D eigenvalue weighted by Crippen LogP contribution is 2.68. The summed E-state index contributed by atoms with van der Waals surface area (Å²) in [6.07, 6.45) is -15.4. The van der Waals surface area contributed by atoms with Crippen molar-refractivity contribution in [1.82, 2.24) is 9.97 Å². The van der Waals surface area contributed by atoms with Crippen LogP contribution in [0.1, 0.15) is 0 Å². The first-order valence-corrected chi connectivity index (χ1v) is 18.9. The van der Waals surface area contributed by atoms with Gasteiger partial charge in [-0.05, 0) is 12.1 Å². The summed E-state index contributed by atoms with van der Waals surface area (Å²) < 4.78 is 587. The van der Waals surface area contributed by atoms with E-state index in [1.807, 2.05) is 0 Å². The van der Waals surface area contributed by atoms with E-state index in [2.05, 4.69) is 28.9 Å². The molecule has 82 heavy (non-hydrogen) atoms. The average Bonchev–Trinajstić information content (AvgIpc) is 3.30. The van der Waals surface area contributed by atoms with Gasteiger partial charge in [-0.1, -0.05) is 0 Å². The highest BCUT2D eigenvalue weighted by molar-refractivity contribution is 5.57. The van der Waals surface area contributed by atoms with Gasteiger partial charge in [0.2, 0.25) is 0 Å². The van der Waals surface area contributed by atoms with Crippen LogP contribution >= 0.6 is 0 Å². The summed E-state index contributed by atoms with van der Waals surface area (Å²) in [6, 6.07) is 1.85. The number of hydrogen-bond donors (Lipinski definition) is 0. The minimum atomic E-state index is -9.44. The Labute approximate surface area is 419 Å². The molecule has 0 atom stereocenters. The van der Waals surface area contributed by atoms with E-state index in [0.717, 1.165) is 0 Å².